The maximum absolute atomic E-state index is 9.00. The molecule has 0 radical (unpaired) electrons. The summed E-state index contributed by atoms with van der Waals surface area (Å²) >= 11 is 0. The van der Waals surface area contributed by atoms with Gasteiger partial charge in [0.05, 0.1) is 13.1 Å². The van der Waals surface area contributed by atoms with Gasteiger partial charge in [-0.25, -0.2) is 0 Å². The molecule has 1 aromatic rings. The van der Waals surface area contributed by atoms with E-state index in [0.29, 0.717) is 19.6 Å². The Kier molecular flexibility index (Phi) is 44.8. The van der Waals surface area contributed by atoms with Gasteiger partial charge in [0, 0.05) is 53.8 Å². The van der Waals surface area contributed by atoms with E-state index in [0.717, 1.165) is 46.7 Å². The number of nitriles is 1. The Labute approximate surface area is 235 Å². The van der Waals surface area contributed by atoms with Crippen LogP contribution in [0.3, 0.4) is 0 Å². The number of hydroxylamine groups is 2. The van der Waals surface area contributed by atoms with Crippen molar-refractivity contribution in [3.8, 4) is 6.26 Å². The molecule has 0 aliphatic rings. The van der Waals surface area contributed by atoms with E-state index in [-0.39, 0.29) is 19.5 Å². The van der Waals surface area contributed by atoms with Gasteiger partial charge < -0.3 is 41.4 Å². The molecule has 0 saturated carbocycles. The van der Waals surface area contributed by atoms with Crippen molar-refractivity contribution in [2.24, 2.45) is 5.73 Å². The first kappa shape index (κ1) is 48.2. The number of hydrogen-bond donors (Lipinski definition) is 7. The van der Waals surface area contributed by atoms with Crippen molar-refractivity contribution in [3.05, 3.63) is 35.9 Å². The fourth-order valence-electron chi connectivity index (χ4n) is 1.68. The Morgan fingerprint density at radius 2 is 1.21 bits per heavy atom. The largest absolute Gasteiger partial charge is 0.481 e. The molecule has 1 aromatic carbocycles. The van der Waals surface area contributed by atoms with Crippen LogP contribution in [0, 0.1) is 11.5 Å². The second-order valence-electron chi connectivity index (χ2n) is 6.73. The van der Waals surface area contributed by atoms with Crippen LogP contribution < -0.4 is 11.1 Å². The summed E-state index contributed by atoms with van der Waals surface area (Å²) in [6, 6.07) is 10.1. The van der Waals surface area contributed by atoms with Gasteiger partial charge in [-0.2, -0.15) is 13.5 Å². The molecular weight excluding hydrogens is 540 g/mol. The molecule has 0 aliphatic heterocycles. The highest BCUT2D eigenvalue weighted by atomic mass is 32.1. The van der Waals surface area contributed by atoms with Gasteiger partial charge in [0.15, 0.2) is 0 Å². The summed E-state index contributed by atoms with van der Waals surface area (Å²) in [6.45, 7) is 10.0. The zero-order chi connectivity index (χ0) is 31.1. The average Bonchev–Trinajstić information content (AvgIpc) is 2.71. The molecule has 0 spiro atoms. The highest BCUT2D eigenvalue weighted by Gasteiger charge is 2.11. The van der Waals surface area contributed by atoms with E-state index in [4.69, 9.17) is 65.3 Å². The third-order valence-electron chi connectivity index (χ3n) is 2.49. The van der Waals surface area contributed by atoms with Gasteiger partial charge in [-0.1, -0.05) is 30.3 Å². The van der Waals surface area contributed by atoms with Crippen molar-refractivity contribution in [1.29, 1.82) is 5.26 Å². The monoisotopic (exact) mass is 582 g/mol. The van der Waals surface area contributed by atoms with Crippen LogP contribution in [0.4, 0.5) is 0 Å². The number of carbonyl (C=O) groups is 5. The van der Waals surface area contributed by atoms with Crippen molar-refractivity contribution in [1.82, 2.24) is 10.4 Å². The molecule has 0 aromatic heterocycles. The van der Waals surface area contributed by atoms with E-state index in [1.54, 1.807) is 11.3 Å². The van der Waals surface area contributed by atoms with E-state index in [1.807, 2.05) is 37.3 Å². The van der Waals surface area contributed by atoms with Gasteiger partial charge in [0.2, 0.25) is 0 Å². The Bertz CT molecular complexity index is 717. The third kappa shape index (κ3) is 96.3. The summed E-state index contributed by atoms with van der Waals surface area (Å²) in [5.41, 5.74) is 6.54. The minimum absolute atomic E-state index is 0. The Morgan fingerprint density at radius 1 is 0.872 bits per heavy atom. The molecule has 0 bridgehead atoms. The molecule has 16 heteroatoms. The number of carboxylic acid groups (broad SMARTS) is 5. The van der Waals surface area contributed by atoms with Crippen LogP contribution in [0.1, 0.15) is 47.1 Å². The fraction of sp³-hybridized carbons (Fsp3) is 0.478. The van der Waals surface area contributed by atoms with E-state index in [9.17, 15) is 0 Å². The zero-order valence-electron chi connectivity index (χ0n) is 22.9. The number of nitrogens with two attached hydrogens (primary N) is 1. The SMILES string of the molecule is CC(=O)O.CC(=O)O.CC(=O)O.CC(=O)O.CC(=O)O.CC(CN(Cc1ccccc1)OC#N)NCCN.S. The lowest BCUT2D eigenvalue weighted by Crippen LogP contribution is -2.40. The van der Waals surface area contributed by atoms with Crippen LogP contribution >= 0.6 is 13.5 Å². The second-order valence-corrected chi connectivity index (χ2v) is 6.73. The molecular formula is C23H42N4O11S. The molecule has 1 unspecified atom stereocenters. The molecule has 1 atom stereocenters. The van der Waals surface area contributed by atoms with Gasteiger partial charge in [0.1, 0.15) is 0 Å². The van der Waals surface area contributed by atoms with Crippen LogP contribution in [0.25, 0.3) is 0 Å². The molecule has 15 nitrogen and oxygen atoms in total. The number of rotatable bonds is 8. The van der Waals surface area contributed by atoms with Gasteiger partial charge in [-0.15, -0.1) is 10.3 Å². The Morgan fingerprint density at radius 3 is 1.49 bits per heavy atom. The van der Waals surface area contributed by atoms with Gasteiger partial charge >= 0.3 is 6.26 Å². The van der Waals surface area contributed by atoms with E-state index < -0.39 is 29.8 Å². The quantitative estimate of drug-likeness (QED) is 0.169. The lowest BCUT2D eigenvalue weighted by atomic mass is 10.2. The predicted octanol–water partition coefficient (Wildman–Crippen LogP) is 1.41. The summed E-state index contributed by atoms with van der Waals surface area (Å²) < 4.78 is 0. The molecule has 0 saturated heterocycles. The summed E-state index contributed by atoms with van der Waals surface area (Å²) in [7, 11) is 0. The number of nitrogens with one attached hydrogen (secondary N) is 1. The van der Waals surface area contributed by atoms with Crippen LogP contribution in [0.5, 0.6) is 0 Å². The molecule has 0 amide bonds. The van der Waals surface area contributed by atoms with Crippen LogP contribution in [0.2, 0.25) is 0 Å². The lowest BCUT2D eigenvalue weighted by molar-refractivity contribution is -0.135. The minimum Gasteiger partial charge on any atom is -0.481 e. The Balaban J connectivity index is -0.000000106. The van der Waals surface area contributed by atoms with E-state index in [1.165, 1.54) is 0 Å². The van der Waals surface area contributed by atoms with Crippen LogP contribution in [-0.4, -0.2) is 86.1 Å². The first-order valence-corrected chi connectivity index (χ1v) is 10.7. The van der Waals surface area contributed by atoms with Crippen molar-refractivity contribution in [2.45, 2.75) is 54.1 Å². The van der Waals surface area contributed by atoms with Gasteiger partial charge in [-0.05, 0) is 12.5 Å². The number of aliphatic carboxylic acids is 5. The molecule has 0 heterocycles. The molecule has 0 aliphatic carbocycles. The fourth-order valence-corrected chi connectivity index (χ4v) is 1.68. The number of hydrogen-bond acceptors (Lipinski definition) is 10. The average molecular weight is 583 g/mol. The molecule has 39 heavy (non-hydrogen) atoms. The number of benzene rings is 1. The van der Waals surface area contributed by atoms with Crippen molar-refractivity contribution >= 4 is 43.3 Å². The maximum atomic E-state index is 9.00. The van der Waals surface area contributed by atoms with Crippen molar-refractivity contribution < 1.29 is 54.3 Å². The standard InChI is InChI=1S/C13H20N4O.5C2H4O2.H2S/c1-12(16-8-7-14)9-17(18-11-15)10-13-5-3-2-4-6-13;5*1-2(3)4;/h2-6,12,16H,7-10,14H2,1H3;5*1H3,(H,3,4);1H2. The summed E-state index contributed by atoms with van der Waals surface area (Å²) in [6.07, 6.45) is 1.72. The second kappa shape index (κ2) is 36.2. The summed E-state index contributed by atoms with van der Waals surface area (Å²) in [5.74, 6) is -4.17. The van der Waals surface area contributed by atoms with Crippen molar-refractivity contribution in [3.63, 3.8) is 0 Å². The molecule has 8 N–H and O–H groups in total. The van der Waals surface area contributed by atoms with Crippen LogP contribution in [0.15, 0.2) is 30.3 Å². The topological polar surface area (TPSA) is 261 Å². The maximum Gasteiger partial charge on any atom is 0.307 e. The lowest BCUT2D eigenvalue weighted by Gasteiger charge is -2.22. The number of carboxylic acids is 5. The smallest absolute Gasteiger partial charge is 0.307 e. The molecule has 1 rings (SSSR count). The molecule has 0 fully saturated rings. The summed E-state index contributed by atoms with van der Waals surface area (Å²) in [5, 5.41) is 50.6. The Hall–Kier alpha value is -3.91. The predicted molar refractivity (Wildman–Crippen MR) is 147 cm³/mol. The first-order valence-electron chi connectivity index (χ1n) is 10.7. The van der Waals surface area contributed by atoms with Crippen molar-refractivity contribution in [2.75, 3.05) is 19.6 Å². The van der Waals surface area contributed by atoms with Crippen LogP contribution in [-0.2, 0) is 35.4 Å². The molecule has 226 valence electrons. The number of nitrogens with zero attached hydrogens (tertiary/aromatic N) is 2. The normalized spacial score (nSPS) is 8.79. The third-order valence-corrected chi connectivity index (χ3v) is 2.49. The van der Waals surface area contributed by atoms with Gasteiger partial charge in [0.25, 0.3) is 29.8 Å². The highest BCUT2D eigenvalue weighted by molar-refractivity contribution is 7.59. The first-order chi connectivity index (χ1) is 17.4. The minimum atomic E-state index is -0.833. The summed E-state index contributed by atoms with van der Waals surface area (Å²) in [4.78, 5) is 50.0. The van der Waals surface area contributed by atoms with E-state index >= 15 is 0 Å². The van der Waals surface area contributed by atoms with E-state index in [2.05, 4.69) is 5.32 Å². The zero-order valence-corrected chi connectivity index (χ0v) is 23.9. The van der Waals surface area contributed by atoms with Gasteiger partial charge in [-0.3, -0.25) is 24.0 Å². The highest BCUT2D eigenvalue weighted by Crippen LogP contribution is 2.05.